The second-order valence-corrected chi connectivity index (χ2v) is 9.33. The summed E-state index contributed by atoms with van der Waals surface area (Å²) in [7, 11) is -3.82. The summed E-state index contributed by atoms with van der Waals surface area (Å²) in [5.41, 5.74) is -0.0839. The van der Waals surface area contributed by atoms with Crippen LogP contribution in [0.1, 0.15) is 30.1 Å². The van der Waals surface area contributed by atoms with E-state index in [1.165, 1.54) is 18.3 Å². The number of hydrogen-bond acceptors (Lipinski definition) is 8. The summed E-state index contributed by atoms with van der Waals surface area (Å²) in [5.74, 6) is -1.70. The molecule has 1 aliphatic heterocycles. The van der Waals surface area contributed by atoms with Crippen molar-refractivity contribution < 1.29 is 27.9 Å². The lowest BCUT2D eigenvalue weighted by molar-refractivity contribution is -0.148. The Morgan fingerprint density at radius 3 is 2.90 bits per heavy atom. The number of pyridine rings is 1. The van der Waals surface area contributed by atoms with Crippen LogP contribution < -0.4 is 9.62 Å². The largest absolute Gasteiger partial charge is 0.478 e. The Morgan fingerprint density at radius 1 is 1.45 bits per heavy atom. The monoisotopic (exact) mass is 439 g/mol. The first kappa shape index (κ1) is 21.1. The van der Waals surface area contributed by atoms with Crippen LogP contribution in [0.25, 0.3) is 0 Å². The van der Waals surface area contributed by atoms with Gasteiger partial charge in [-0.25, -0.2) is 18.2 Å². The molecule has 2 aromatic rings. The van der Waals surface area contributed by atoms with Gasteiger partial charge in [-0.2, -0.15) is 0 Å². The van der Waals surface area contributed by atoms with Crippen LogP contribution in [0.2, 0.25) is 0 Å². The molecular formula is C18H21N3O6S2. The Bertz CT molecular complexity index is 991. The molecule has 1 saturated heterocycles. The van der Waals surface area contributed by atoms with Crippen molar-refractivity contribution >= 4 is 44.8 Å². The van der Waals surface area contributed by atoms with Crippen LogP contribution in [0.15, 0.2) is 34.0 Å². The zero-order valence-corrected chi connectivity index (χ0v) is 17.3. The van der Waals surface area contributed by atoms with Crippen molar-refractivity contribution in [3.8, 4) is 0 Å². The summed E-state index contributed by atoms with van der Waals surface area (Å²) in [6, 6.07) is 4.31. The van der Waals surface area contributed by atoms with Crippen LogP contribution in [0.4, 0.5) is 11.5 Å². The number of ether oxygens (including phenoxy) is 1. The summed E-state index contributed by atoms with van der Waals surface area (Å²) in [6.45, 7) is 2.86. The number of carboxylic acids is 1. The predicted molar refractivity (Wildman–Crippen MR) is 108 cm³/mol. The van der Waals surface area contributed by atoms with Gasteiger partial charge in [0.25, 0.3) is 10.0 Å². The number of aromatic nitrogens is 1. The quantitative estimate of drug-likeness (QED) is 0.630. The normalized spacial score (nSPS) is 17.0. The van der Waals surface area contributed by atoms with E-state index >= 15 is 0 Å². The van der Waals surface area contributed by atoms with E-state index in [-0.39, 0.29) is 39.8 Å². The highest BCUT2D eigenvalue weighted by Gasteiger charge is 2.30. The van der Waals surface area contributed by atoms with Crippen LogP contribution in [0.3, 0.4) is 0 Å². The number of thiophene rings is 1. The summed E-state index contributed by atoms with van der Waals surface area (Å²) >= 11 is 1.05. The maximum atomic E-state index is 12.4. The molecular weight excluding hydrogens is 418 g/mol. The van der Waals surface area contributed by atoms with Gasteiger partial charge in [0.2, 0.25) is 0 Å². The Kier molecular flexibility index (Phi) is 6.38. The van der Waals surface area contributed by atoms with Crippen molar-refractivity contribution in [2.75, 3.05) is 29.3 Å². The van der Waals surface area contributed by atoms with Gasteiger partial charge in [0.15, 0.2) is 0 Å². The first-order valence-electron chi connectivity index (χ1n) is 9.03. The van der Waals surface area contributed by atoms with Gasteiger partial charge in [-0.05, 0) is 37.3 Å². The molecule has 156 valence electrons. The Balaban J connectivity index is 1.85. The molecule has 3 heterocycles. The number of nitrogens with one attached hydrogen (secondary N) is 1. The SMILES string of the molecule is CCOC(=O)[C@H]1CCCN(c2ncc(NS(=O)(=O)c3cccs3)cc2C(=O)O)C1. The van der Waals surface area contributed by atoms with E-state index in [0.29, 0.717) is 25.9 Å². The maximum Gasteiger partial charge on any atom is 0.339 e. The Morgan fingerprint density at radius 2 is 2.24 bits per heavy atom. The van der Waals surface area contributed by atoms with Crippen LogP contribution in [-0.4, -0.2) is 50.1 Å². The van der Waals surface area contributed by atoms with Crippen LogP contribution in [0.5, 0.6) is 0 Å². The summed E-state index contributed by atoms with van der Waals surface area (Å²) in [5, 5.41) is 11.3. The molecule has 0 unspecified atom stereocenters. The number of carboxylic acid groups (broad SMARTS) is 1. The minimum absolute atomic E-state index is 0.0542. The van der Waals surface area contributed by atoms with E-state index in [0.717, 1.165) is 11.3 Å². The van der Waals surface area contributed by atoms with Gasteiger partial charge in [-0.3, -0.25) is 9.52 Å². The lowest BCUT2D eigenvalue weighted by atomic mass is 9.98. The fourth-order valence-corrected chi connectivity index (χ4v) is 5.19. The van der Waals surface area contributed by atoms with E-state index < -0.39 is 16.0 Å². The molecule has 1 atom stereocenters. The number of esters is 1. The smallest absolute Gasteiger partial charge is 0.339 e. The number of nitrogens with zero attached hydrogens (tertiary/aromatic N) is 2. The second kappa shape index (κ2) is 8.78. The number of hydrogen-bond donors (Lipinski definition) is 2. The van der Waals surface area contributed by atoms with Gasteiger partial charge in [0.05, 0.1) is 24.4 Å². The summed E-state index contributed by atoms with van der Waals surface area (Å²) < 4.78 is 32.3. The number of rotatable bonds is 7. The first-order chi connectivity index (χ1) is 13.8. The van der Waals surface area contributed by atoms with E-state index in [9.17, 15) is 23.1 Å². The van der Waals surface area contributed by atoms with E-state index in [4.69, 9.17) is 4.74 Å². The number of carbonyl (C=O) groups excluding carboxylic acids is 1. The molecule has 0 bridgehead atoms. The molecule has 2 N–H and O–H groups in total. The average molecular weight is 440 g/mol. The van der Waals surface area contributed by atoms with Crippen molar-refractivity contribution in [2.45, 2.75) is 24.0 Å². The molecule has 11 heteroatoms. The predicted octanol–water partition coefficient (Wildman–Crippen LogP) is 2.42. The van der Waals surface area contributed by atoms with Gasteiger partial charge in [0, 0.05) is 13.1 Å². The first-order valence-corrected chi connectivity index (χ1v) is 11.4. The number of sulfonamides is 1. The highest BCUT2D eigenvalue weighted by molar-refractivity contribution is 7.94. The molecule has 1 fully saturated rings. The third kappa shape index (κ3) is 4.85. The lowest BCUT2D eigenvalue weighted by Crippen LogP contribution is -2.40. The van der Waals surface area contributed by atoms with Crippen LogP contribution in [-0.2, 0) is 19.6 Å². The second-order valence-electron chi connectivity index (χ2n) is 6.48. The standard InChI is InChI=1S/C18H21N3O6S2/c1-2-27-18(24)12-5-3-7-21(11-12)16-14(17(22)23)9-13(10-19-16)20-29(25,26)15-6-4-8-28-15/h4,6,8-10,12,20H,2-3,5,7,11H2,1H3,(H,22,23)/t12-/m0/s1. The molecule has 2 aromatic heterocycles. The van der Waals surface area contributed by atoms with E-state index in [2.05, 4.69) is 9.71 Å². The van der Waals surface area contributed by atoms with E-state index in [1.807, 2.05) is 0 Å². The van der Waals surface area contributed by atoms with Gasteiger partial charge < -0.3 is 14.7 Å². The number of anilines is 2. The zero-order valence-electron chi connectivity index (χ0n) is 15.7. The van der Waals surface area contributed by atoms with Gasteiger partial charge in [0.1, 0.15) is 15.6 Å². The third-order valence-corrected chi connectivity index (χ3v) is 7.23. The topological polar surface area (TPSA) is 126 Å². The highest BCUT2D eigenvalue weighted by Crippen LogP contribution is 2.28. The fraction of sp³-hybridized carbons (Fsp3) is 0.389. The molecule has 0 radical (unpaired) electrons. The Labute approximate surface area is 172 Å². The number of aromatic carboxylic acids is 1. The lowest BCUT2D eigenvalue weighted by Gasteiger charge is -2.33. The molecule has 1 aliphatic rings. The summed E-state index contributed by atoms with van der Waals surface area (Å²) in [6.07, 6.45) is 2.63. The fourth-order valence-electron chi connectivity index (χ4n) is 3.17. The van der Waals surface area contributed by atoms with Crippen molar-refractivity contribution in [1.29, 1.82) is 0 Å². The molecule has 3 rings (SSSR count). The van der Waals surface area contributed by atoms with Crippen molar-refractivity contribution in [1.82, 2.24) is 4.98 Å². The zero-order chi connectivity index (χ0) is 21.0. The van der Waals surface area contributed by atoms with Crippen molar-refractivity contribution in [3.63, 3.8) is 0 Å². The molecule has 0 aromatic carbocycles. The highest BCUT2D eigenvalue weighted by atomic mass is 32.2. The molecule has 0 aliphatic carbocycles. The number of carbonyl (C=O) groups is 2. The van der Waals surface area contributed by atoms with Crippen molar-refractivity contribution in [3.05, 3.63) is 35.3 Å². The molecule has 29 heavy (non-hydrogen) atoms. The molecule has 9 nitrogen and oxygen atoms in total. The Hall–Kier alpha value is -2.66. The third-order valence-electron chi connectivity index (χ3n) is 4.45. The van der Waals surface area contributed by atoms with Gasteiger partial charge >= 0.3 is 11.9 Å². The van der Waals surface area contributed by atoms with Crippen molar-refractivity contribution in [2.24, 2.45) is 5.92 Å². The van der Waals surface area contributed by atoms with Gasteiger partial charge in [-0.1, -0.05) is 6.07 Å². The molecule has 0 spiro atoms. The van der Waals surface area contributed by atoms with Gasteiger partial charge in [-0.15, -0.1) is 11.3 Å². The number of piperidine rings is 1. The summed E-state index contributed by atoms with van der Waals surface area (Å²) in [4.78, 5) is 29.8. The minimum atomic E-state index is -3.82. The average Bonchev–Trinajstić information content (AvgIpc) is 3.24. The minimum Gasteiger partial charge on any atom is -0.478 e. The van der Waals surface area contributed by atoms with Crippen LogP contribution in [0, 0.1) is 5.92 Å². The van der Waals surface area contributed by atoms with Crippen LogP contribution >= 0.6 is 11.3 Å². The molecule has 0 saturated carbocycles. The maximum absolute atomic E-state index is 12.4. The molecule has 0 amide bonds. The van der Waals surface area contributed by atoms with E-state index in [1.54, 1.807) is 23.3 Å².